The number of aryl methyl sites for hydroxylation is 1. The first-order chi connectivity index (χ1) is 9.15. The zero-order valence-corrected chi connectivity index (χ0v) is 12.3. The summed E-state index contributed by atoms with van der Waals surface area (Å²) >= 11 is 3.34. The zero-order chi connectivity index (χ0) is 13.7. The number of morpholine rings is 1. The Hall–Kier alpha value is -1.18. The number of amides is 1. The van der Waals surface area contributed by atoms with Gasteiger partial charge in [-0.25, -0.2) is 5.43 Å². The number of furan rings is 1. The van der Waals surface area contributed by atoms with Gasteiger partial charge in [-0.3, -0.25) is 9.69 Å². The molecule has 7 heteroatoms. The normalized spacial score (nSPS) is 16.9. The molecule has 1 aliphatic rings. The van der Waals surface area contributed by atoms with E-state index in [1.54, 1.807) is 6.07 Å². The monoisotopic (exact) mass is 329 g/mol. The second-order valence-electron chi connectivity index (χ2n) is 4.23. The SMILES string of the molecule is Cc1oc(/C=N\NC(=O)CN2CCOCC2)cc1Br. The van der Waals surface area contributed by atoms with Crippen LogP contribution in [0.15, 0.2) is 20.1 Å². The lowest BCUT2D eigenvalue weighted by Crippen LogP contribution is -2.42. The molecule has 2 rings (SSSR count). The van der Waals surface area contributed by atoms with Crippen LogP contribution in [0.5, 0.6) is 0 Å². The van der Waals surface area contributed by atoms with Crippen molar-refractivity contribution >= 4 is 28.1 Å². The Morgan fingerprint density at radius 1 is 1.58 bits per heavy atom. The minimum atomic E-state index is -0.138. The lowest BCUT2D eigenvalue weighted by molar-refractivity contribution is -0.123. The molecular formula is C12H16BrN3O3. The second kappa shape index (κ2) is 6.83. The van der Waals surface area contributed by atoms with Gasteiger partial charge in [-0.05, 0) is 22.9 Å². The number of hydrazone groups is 1. The van der Waals surface area contributed by atoms with Crippen LogP contribution in [0.2, 0.25) is 0 Å². The maximum Gasteiger partial charge on any atom is 0.254 e. The van der Waals surface area contributed by atoms with Crippen LogP contribution in [-0.4, -0.2) is 49.9 Å². The highest BCUT2D eigenvalue weighted by Gasteiger charge is 2.13. The van der Waals surface area contributed by atoms with E-state index < -0.39 is 0 Å². The topological polar surface area (TPSA) is 67.1 Å². The van der Waals surface area contributed by atoms with E-state index in [1.807, 2.05) is 11.8 Å². The molecule has 0 bridgehead atoms. The fourth-order valence-corrected chi connectivity index (χ4v) is 2.02. The maximum atomic E-state index is 11.6. The predicted octanol–water partition coefficient (Wildman–Crippen LogP) is 1.13. The van der Waals surface area contributed by atoms with Gasteiger partial charge in [-0.15, -0.1) is 0 Å². The van der Waals surface area contributed by atoms with E-state index in [-0.39, 0.29) is 5.91 Å². The molecule has 0 atom stereocenters. The van der Waals surface area contributed by atoms with Gasteiger partial charge in [0.05, 0.1) is 30.4 Å². The summed E-state index contributed by atoms with van der Waals surface area (Å²) in [7, 11) is 0. The van der Waals surface area contributed by atoms with Gasteiger partial charge >= 0.3 is 0 Å². The zero-order valence-electron chi connectivity index (χ0n) is 10.7. The maximum absolute atomic E-state index is 11.6. The van der Waals surface area contributed by atoms with Crippen LogP contribution in [0.25, 0.3) is 0 Å². The van der Waals surface area contributed by atoms with E-state index in [0.717, 1.165) is 23.3 Å². The molecule has 1 amide bonds. The molecule has 0 spiro atoms. The molecule has 6 nitrogen and oxygen atoms in total. The molecule has 0 radical (unpaired) electrons. The van der Waals surface area contributed by atoms with Gasteiger partial charge in [0, 0.05) is 19.2 Å². The van der Waals surface area contributed by atoms with Crippen LogP contribution >= 0.6 is 15.9 Å². The van der Waals surface area contributed by atoms with Gasteiger partial charge < -0.3 is 9.15 Å². The van der Waals surface area contributed by atoms with Gasteiger partial charge in [0.15, 0.2) is 0 Å². The van der Waals surface area contributed by atoms with Crippen molar-refractivity contribution < 1.29 is 13.9 Å². The Bertz CT molecular complexity index is 447. The number of halogens is 1. The van der Waals surface area contributed by atoms with E-state index in [2.05, 4.69) is 26.5 Å². The molecule has 104 valence electrons. The molecule has 0 aliphatic carbocycles. The van der Waals surface area contributed by atoms with Crippen LogP contribution in [0, 0.1) is 6.92 Å². The number of hydrogen-bond acceptors (Lipinski definition) is 5. The van der Waals surface area contributed by atoms with Crippen molar-refractivity contribution in [2.24, 2.45) is 5.10 Å². The van der Waals surface area contributed by atoms with E-state index in [4.69, 9.17) is 9.15 Å². The lowest BCUT2D eigenvalue weighted by atomic mass is 10.4. The first kappa shape index (κ1) is 14.2. The Morgan fingerprint density at radius 2 is 2.32 bits per heavy atom. The van der Waals surface area contributed by atoms with Crippen molar-refractivity contribution in [1.82, 2.24) is 10.3 Å². The lowest BCUT2D eigenvalue weighted by Gasteiger charge is -2.25. The van der Waals surface area contributed by atoms with E-state index >= 15 is 0 Å². The van der Waals surface area contributed by atoms with E-state index in [1.165, 1.54) is 6.21 Å². The largest absolute Gasteiger partial charge is 0.459 e. The number of ether oxygens (including phenoxy) is 1. The first-order valence-electron chi connectivity index (χ1n) is 6.03. The van der Waals surface area contributed by atoms with E-state index in [0.29, 0.717) is 25.5 Å². The fraction of sp³-hybridized carbons (Fsp3) is 0.500. The van der Waals surface area contributed by atoms with Crippen LogP contribution in [0.4, 0.5) is 0 Å². The van der Waals surface area contributed by atoms with Crippen LogP contribution < -0.4 is 5.43 Å². The molecule has 0 aromatic carbocycles. The van der Waals surface area contributed by atoms with Gasteiger partial charge in [0.2, 0.25) is 0 Å². The van der Waals surface area contributed by atoms with E-state index in [9.17, 15) is 4.79 Å². The molecule has 2 heterocycles. The predicted molar refractivity (Wildman–Crippen MR) is 74.1 cm³/mol. The molecule has 1 aromatic rings. The summed E-state index contributed by atoms with van der Waals surface area (Å²) in [4.78, 5) is 13.7. The standard InChI is InChI=1S/C12H16BrN3O3/c1-9-11(13)6-10(19-9)7-14-15-12(17)8-16-2-4-18-5-3-16/h6-7H,2-5,8H2,1H3,(H,15,17)/b14-7-. The number of carbonyl (C=O) groups excluding carboxylic acids is 1. The van der Waals surface area contributed by atoms with Crippen molar-refractivity contribution in [2.45, 2.75) is 6.92 Å². The molecule has 1 saturated heterocycles. The molecule has 1 aliphatic heterocycles. The Morgan fingerprint density at radius 3 is 2.95 bits per heavy atom. The van der Waals surface area contributed by atoms with Crippen molar-refractivity contribution in [3.8, 4) is 0 Å². The molecule has 0 saturated carbocycles. The number of nitrogens with zero attached hydrogens (tertiary/aromatic N) is 2. The average molecular weight is 330 g/mol. The van der Waals surface area contributed by atoms with Gasteiger partial charge in [-0.2, -0.15) is 5.10 Å². The summed E-state index contributed by atoms with van der Waals surface area (Å²) in [6, 6.07) is 1.80. The summed E-state index contributed by atoms with van der Waals surface area (Å²) in [6.07, 6.45) is 1.48. The van der Waals surface area contributed by atoms with Crippen molar-refractivity contribution in [3.05, 3.63) is 22.1 Å². The molecule has 1 N–H and O–H groups in total. The molecule has 1 fully saturated rings. The van der Waals surface area contributed by atoms with Crippen molar-refractivity contribution in [3.63, 3.8) is 0 Å². The van der Waals surface area contributed by atoms with Gasteiger partial charge in [-0.1, -0.05) is 0 Å². The highest BCUT2D eigenvalue weighted by Crippen LogP contribution is 2.18. The molecule has 0 unspecified atom stereocenters. The highest BCUT2D eigenvalue weighted by atomic mass is 79.9. The van der Waals surface area contributed by atoms with Crippen LogP contribution in [-0.2, 0) is 9.53 Å². The summed E-state index contributed by atoms with van der Waals surface area (Å²) in [6.45, 7) is 5.09. The second-order valence-corrected chi connectivity index (χ2v) is 5.09. The Balaban J connectivity index is 1.76. The minimum absolute atomic E-state index is 0.138. The Labute approximate surface area is 119 Å². The summed E-state index contributed by atoms with van der Waals surface area (Å²) in [5, 5.41) is 3.86. The summed E-state index contributed by atoms with van der Waals surface area (Å²) in [5.74, 6) is 1.23. The Kier molecular flexibility index (Phi) is 5.12. The fourth-order valence-electron chi connectivity index (χ4n) is 1.71. The number of hydrogen-bond donors (Lipinski definition) is 1. The average Bonchev–Trinajstić information content (AvgIpc) is 2.70. The first-order valence-corrected chi connectivity index (χ1v) is 6.82. The molecular weight excluding hydrogens is 314 g/mol. The van der Waals surface area contributed by atoms with Crippen LogP contribution in [0.3, 0.4) is 0 Å². The third-order valence-electron chi connectivity index (χ3n) is 2.73. The van der Waals surface area contributed by atoms with Gasteiger partial charge in [0.1, 0.15) is 11.5 Å². The van der Waals surface area contributed by atoms with Crippen molar-refractivity contribution in [1.29, 1.82) is 0 Å². The smallest absolute Gasteiger partial charge is 0.254 e. The molecule has 1 aromatic heterocycles. The molecule has 19 heavy (non-hydrogen) atoms. The minimum Gasteiger partial charge on any atom is -0.459 e. The highest BCUT2D eigenvalue weighted by molar-refractivity contribution is 9.10. The van der Waals surface area contributed by atoms with Crippen LogP contribution in [0.1, 0.15) is 11.5 Å². The van der Waals surface area contributed by atoms with Crippen molar-refractivity contribution in [2.75, 3.05) is 32.8 Å². The third-order valence-corrected chi connectivity index (χ3v) is 3.52. The van der Waals surface area contributed by atoms with Gasteiger partial charge in [0.25, 0.3) is 5.91 Å². The summed E-state index contributed by atoms with van der Waals surface area (Å²) < 4.78 is 11.5. The number of carbonyl (C=O) groups is 1. The number of rotatable bonds is 4. The third kappa shape index (κ3) is 4.45. The quantitative estimate of drug-likeness (QED) is 0.664. The number of nitrogens with one attached hydrogen (secondary N) is 1. The summed E-state index contributed by atoms with van der Waals surface area (Å²) in [5.41, 5.74) is 2.48.